The summed E-state index contributed by atoms with van der Waals surface area (Å²) in [7, 11) is 0. The number of thiophene rings is 1. The first-order valence-corrected chi connectivity index (χ1v) is 22.0. The van der Waals surface area contributed by atoms with Crippen LogP contribution in [0.25, 0.3) is 114 Å². The molecule has 10 aromatic carbocycles. The SMILES string of the molecule is c1ccc(-c2cccc(-c3cc(-c4cc(-c5ccccc5)c5sc6ccccc6c5c4)cc(-c4ccc5c6cc(-c7ccccc7)ccc6n(-c6ccccc6)c5c4)c3)c2)cc1. The van der Waals surface area contributed by atoms with Crippen LogP contribution in [0, 0.1) is 0 Å². The van der Waals surface area contributed by atoms with Crippen LogP contribution in [0.1, 0.15) is 0 Å². The van der Waals surface area contributed by atoms with Gasteiger partial charge in [-0.2, -0.15) is 0 Å². The minimum Gasteiger partial charge on any atom is -0.309 e. The highest BCUT2D eigenvalue weighted by molar-refractivity contribution is 7.26. The highest BCUT2D eigenvalue weighted by Gasteiger charge is 2.18. The van der Waals surface area contributed by atoms with E-state index in [0.29, 0.717) is 0 Å². The van der Waals surface area contributed by atoms with E-state index in [2.05, 4.69) is 241 Å². The predicted molar refractivity (Wildman–Crippen MR) is 266 cm³/mol. The third-order valence-electron chi connectivity index (χ3n) is 12.4. The number of nitrogens with zero attached hydrogens (tertiary/aromatic N) is 1. The molecule has 0 atom stereocenters. The summed E-state index contributed by atoms with van der Waals surface area (Å²) in [6, 6.07) is 86.8. The van der Waals surface area contributed by atoms with Gasteiger partial charge in [0.1, 0.15) is 0 Å². The quantitative estimate of drug-likeness (QED) is 0.151. The molecular formula is C60H39NS. The minimum absolute atomic E-state index is 1.15. The summed E-state index contributed by atoms with van der Waals surface area (Å²) in [5, 5.41) is 5.07. The van der Waals surface area contributed by atoms with Crippen molar-refractivity contribution in [3.05, 3.63) is 237 Å². The Morgan fingerprint density at radius 1 is 0.258 bits per heavy atom. The molecular weight excluding hydrogens is 767 g/mol. The van der Waals surface area contributed by atoms with Gasteiger partial charge in [0.25, 0.3) is 0 Å². The Balaban J connectivity index is 1.10. The van der Waals surface area contributed by atoms with E-state index in [-0.39, 0.29) is 0 Å². The molecule has 0 aliphatic heterocycles. The van der Waals surface area contributed by atoms with E-state index in [9.17, 15) is 0 Å². The lowest BCUT2D eigenvalue weighted by Crippen LogP contribution is -1.93. The Labute approximate surface area is 365 Å². The summed E-state index contributed by atoms with van der Waals surface area (Å²) in [6.45, 7) is 0. The number of hydrogen-bond acceptors (Lipinski definition) is 1. The zero-order valence-electron chi connectivity index (χ0n) is 33.9. The molecule has 0 unspecified atom stereocenters. The highest BCUT2D eigenvalue weighted by atomic mass is 32.1. The van der Waals surface area contributed by atoms with Gasteiger partial charge in [-0.3, -0.25) is 0 Å². The molecule has 0 spiro atoms. The molecule has 0 bridgehead atoms. The fourth-order valence-corrected chi connectivity index (χ4v) is 10.5. The lowest BCUT2D eigenvalue weighted by Gasteiger charge is -2.15. The molecule has 2 heteroatoms. The van der Waals surface area contributed by atoms with Gasteiger partial charge in [-0.25, -0.2) is 0 Å². The van der Waals surface area contributed by atoms with E-state index in [1.807, 2.05) is 11.3 Å². The zero-order valence-corrected chi connectivity index (χ0v) is 34.7. The van der Waals surface area contributed by atoms with Crippen molar-refractivity contribution in [3.8, 4) is 72.4 Å². The van der Waals surface area contributed by atoms with Crippen molar-refractivity contribution in [2.75, 3.05) is 0 Å². The molecule has 0 radical (unpaired) electrons. The van der Waals surface area contributed by atoms with Crippen LogP contribution in [0.2, 0.25) is 0 Å². The van der Waals surface area contributed by atoms with Crippen LogP contribution >= 0.6 is 11.3 Å². The van der Waals surface area contributed by atoms with Crippen molar-refractivity contribution in [2.24, 2.45) is 0 Å². The molecule has 12 rings (SSSR count). The normalized spacial score (nSPS) is 11.5. The maximum Gasteiger partial charge on any atom is 0.0547 e. The minimum atomic E-state index is 1.15. The van der Waals surface area contributed by atoms with E-state index in [0.717, 1.165) is 5.69 Å². The summed E-state index contributed by atoms with van der Waals surface area (Å²) in [6.07, 6.45) is 0. The Hall–Kier alpha value is -7.78. The van der Waals surface area contributed by atoms with E-state index in [1.54, 1.807) is 0 Å². The van der Waals surface area contributed by atoms with Crippen molar-refractivity contribution < 1.29 is 0 Å². The van der Waals surface area contributed by atoms with E-state index in [1.165, 1.54) is 109 Å². The van der Waals surface area contributed by atoms with Crippen LogP contribution in [0.4, 0.5) is 0 Å². The van der Waals surface area contributed by atoms with Crippen LogP contribution in [0.5, 0.6) is 0 Å². The first-order valence-electron chi connectivity index (χ1n) is 21.2. The molecule has 0 N–H and O–H groups in total. The molecule has 0 saturated carbocycles. The Morgan fingerprint density at radius 2 is 0.742 bits per heavy atom. The molecule has 2 aromatic heterocycles. The Kier molecular flexibility index (Phi) is 8.76. The predicted octanol–water partition coefficient (Wildman–Crippen LogP) is 17.2. The van der Waals surface area contributed by atoms with Gasteiger partial charge in [0.2, 0.25) is 0 Å². The lowest BCUT2D eigenvalue weighted by atomic mass is 9.90. The number of para-hydroxylation sites is 1. The standard InChI is InChI=1S/C60H39NS/c1-5-16-40(17-6-1)43-22-15-23-44(32-43)47-33-48(35-49(34-47)50-37-54(42-20-9-3-10-21-42)60-56(38-50)53-26-13-14-27-59(53)62-60)46-28-30-52-55-36-45(41-18-7-2-8-19-41)29-31-57(55)61(58(52)39-46)51-24-11-4-12-25-51/h1-39H. The smallest absolute Gasteiger partial charge is 0.0547 e. The number of fused-ring (bicyclic) bond motifs is 6. The summed E-state index contributed by atoms with van der Waals surface area (Å²) >= 11 is 1.89. The average molecular weight is 806 g/mol. The van der Waals surface area contributed by atoms with Gasteiger partial charge in [0.05, 0.1) is 11.0 Å². The molecule has 12 aromatic rings. The summed E-state index contributed by atoms with van der Waals surface area (Å²) in [5.74, 6) is 0. The Morgan fingerprint density at radius 3 is 1.44 bits per heavy atom. The topological polar surface area (TPSA) is 4.93 Å². The molecule has 290 valence electrons. The summed E-state index contributed by atoms with van der Waals surface area (Å²) in [4.78, 5) is 0. The van der Waals surface area contributed by atoms with Crippen LogP contribution in [-0.4, -0.2) is 4.57 Å². The third kappa shape index (κ3) is 6.32. The van der Waals surface area contributed by atoms with E-state index < -0.39 is 0 Å². The first kappa shape index (κ1) is 36.1. The van der Waals surface area contributed by atoms with Crippen LogP contribution in [-0.2, 0) is 0 Å². The van der Waals surface area contributed by atoms with Gasteiger partial charge in [-0.1, -0.05) is 164 Å². The first-order chi connectivity index (χ1) is 30.7. The van der Waals surface area contributed by atoms with Crippen LogP contribution in [0.15, 0.2) is 237 Å². The molecule has 0 aliphatic carbocycles. The second-order valence-electron chi connectivity index (χ2n) is 16.1. The maximum atomic E-state index is 2.43. The monoisotopic (exact) mass is 805 g/mol. The second-order valence-corrected chi connectivity index (χ2v) is 17.2. The highest BCUT2D eigenvalue weighted by Crippen LogP contribution is 2.45. The molecule has 62 heavy (non-hydrogen) atoms. The molecule has 2 heterocycles. The van der Waals surface area contributed by atoms with Gasteiger partial charge in [0.15, 0.2) is 0 Å². The van der Waals surface area contributed by atoms with Crippen LogP contribution < -0.4 is 0 Å². The van der Waals surface area contributed by atoms with E-state index in [4.69, 9.17) is 0 Å². The fourth-order valence-electron chi connectivity index (χ4n) is 9.33. The summed E-state index contributed by atoms with van der Waals surface area (Å²) < 4.78 is 5.06. The fraction of sp³-hybridized carbons (Fsp3) is 0. The molecule has 0 saturated heterocycles. The molecule has 0 amide bonds. The molecule has 0 fully saturated rings. The number of aromatic nitrogens is 1. The second kappa shape index (κ2) is 15.0. The van der Waals surface area contributed by atoms with Crippen molar-refractivity contribution in [3.63, 3.8) is 0 Å². The average Bonchev–Trinajstić information content (AvgIpc) is 3.90. The van der Waals surface area contributed by atoms with Gasteiger partial charge >= 0.3 is 0 Å². The van der Waals surface area contributed by atoms with Crippen molar-refractivity contribution >= 4 is 53.3 Å². The Bertz CT molecular complexity index is 3600. The number of hydrogen-bond donors (Lipinski definition) is 0. The van der Waals surface area contributed by atoms with Crippen molar-refractivity contribution in [1.82, 2.24) is 4.57 Å². The maximum absolute atomic E-state index is 2.43. The van der Waals surface area contributed by atoms with E-state index >= 15 is 0 Å². The van der Waals surface area contributed by atoms with Gasteiger partial charge in [-0.15, -0.1) is 11.3 Å². The van der Waals surface area contributed by atoms with Crippen molar-refractivity contribution in [2.45, 2.75) is 0 Å². The van der Waals surface area contributed by atoms with Gasteiger partial charge in [-0.05, 0) is 134 Å². The van der Waals surface area contributed by atoms with Crippen LogP contribution in [0.3, 0.4) is 0 Å². The zero-order chi connectivity index (χ0) is 41.0. The molecule has 1 nitrogen and oxygen atoms in total. The van der Waals surface area contributed by atoms with Gasteiger partial charge < -0.3 is 4.57 Å². The van der Waals surface area contributed by atoms with Crippen molar-refractivity contribution in [1.29, 1.82) is 0 Å². The molecule has 0 aliphatic rings. The largest absolute Gasteiger partial charge is 0.309 e. The number of rotatable bonds is 7. The summed E-state index contributed by atoms with van der Waals surface area (Å²) in [5.41, 5.74) is 18.0. The third-order valence-corrected chi connectivity index (χ3v) is 13.6. The van der Waals surface area contributed by atoms with Gasteiger partial charge in [0, 0.05) is 42.2 Å². The lowest BCUT2D eigenvalue weighted by molar-refractivity contribution is 1.18. The number of benzene rings is 10.